The summed E-state index contributed by atoms with van der Waals surface area (Å²) in [6, 6.07) is -0.207. The predicted molar refractivity (Wildman–Crippen MR) is 74.6 cm³/mol. The third-order valence-corrected chi connectivity index (χ3v) is 4.20. The maximum atomic E-state index is 12.0. The van der Waals surface area contributed by atoms with Crippen LogP contribution in [0.5, 0.6) is 0 Å². The van der Waals surface area contributed by atoms with Crippen LogP contribution in [0.1, 0.15) is 37.8 Å². The molecule has 2 N–H and O–H groups in total. The summed E-state index contributed by atoms with van der Waals surface area (Å²) in [5.41, 5.74) is -0.684. The second kappa shape index (κ2) is 6.15. The summed E-state index contributed by atoms with van der Waals surface area (Å²) in [4.78, 5) is 29.1. The lowest BCUT2D eigenvalue weighted by Gasteiger charge is -2.38. The Balaban J connectivity index is 1.84. The van der Waals surface area contributed by atoms with E-state index in [1.807, 2.05) is 6.92 Å². The first-order chi connectivity index (χ1) is 9.97. The molecule has 0 bridgehead atoms. The number of oxazole rings is 1. The molecule has 7 nitrogen and oxygen atoms in total. The largest absolute Gasteiger partial charge is 0.481 e. The highest BCUT2D eigenvalue weighted by Gasteiger charge is 2.40. The van der Waals surface area contributed by atoms with Crippen molar-refractivity contribution < 1.29 is 19.1 Å². The maximum Gasteiger partial charge on any atom is 0.317 e. The third-order valence-electron chi connectivity index (χ3n) is 4.20. The van der Waals surface area contributed by atoms with Crippen molar-refractivity contribution in [1.82, 2.24) is 15.2 Å². The third kappa shape index (κ3) is 3.34. The lowest BCUT2D eigenvalue weighted by Crippen LogP contribution is -2.49. The number of likely N-dealkylation sites (tertiary alicyclic amines) is 1. The van der Waals surface area contributed by atoms with E-state index in [-0.39, 0.29) is 12.6 Å². The second-order valence-corrected chi connectivity index (χ2v) is 5.45. The van der Waals surface area contributed by atoms with Crippen molar-refractivity contribution in [2.45, 2.75) is 39.7 Å². The van der Waals surface area contributed by atoms with Gasteiger partial charge >= 0.3 is 12.0 Å². The van der Waals surface area contributed by atoms with Crippen molar-refractivity contribution >= 4 is 12.0 Å². The summed E-state index contributed by atoms with van der Waals surface area (Å²) in [7, 11) is 0. The number of aliphatic carboxylic acids is 1. The number of nitrogens with zero attached hydrogens (tertiary/aromatic N) is 2. The van der Waals surface area contributed by atoms with Crippen LogP contribution in [0.3, 0.4) is 0 Å². The molecule has 116 valence electrons. The van der Waals surface area contributed by atoms with Gasteiger partial charge in [0.05, 0.1) is 18.2 Å². The Bertz CT molecular complexity index is 518. The lowest BCUT2D eigenvalue weighted by molar-refractivity contribution is -0.151. The van der Waals surface area contributed by atoms with Crippen LogP contribution < -0.4 is 5.32 Å². The molecule has 1 saturated heterocycles. The minimum absolute atomic E-state index is 0.207. The summed E-state index contributed by atoms with van der Waals surface area (Å²) in [6.45, 7) is 4.82. The zero-order valence-electron chi connectivity index (χ0n) is 12.4. The Hall–Kier alpha value is -2.05. The van der Waals surface area contributed by atoms with E-state index >= 15 is 0 Å². The molecule has 0 saturated carbocycles. The topological polar surface area (TPSA) is 95.7 Å². The monoisotopic (exact) mass is 295 g/mol. The van der Waals surface area contributed by atoms with Gasteiger partial charge in [-0.1, -0.05) is 6.92 Å². The van der Waals surface area contributed by atoms with Crippen molar-refractivity contribution in [1.29, 1.82) is 0 Å². The standard InChI is InChI=1S/C14H21N3O4/c1-3-14(12(18)19)4-6-17(7-5-14)13(20)16-9-11-15-8-10(2)21-11/h8H,3-7,9H2,1-2H3,(H,16,20)(H,18,19). The van der Waals surface area contributed by atoms with Crippen molar-refractivity contribution in [2.75, 3.05) is 13.1 Å². The summed E-state index contributed by atoms with van der Waals surface area (Å²) in [5.74, 6) is 0.401. The van der Waals surface area contributed by atoms with E-state index in [1.54, 1.807) is 18.0 Å². The van der Waals surface area contributed by atoms with Crippen molar-refractivity contribution in [3.05, 3.63) is 17.8 Å². The summed E-state index contributed by atoms with van der Waals surface area (Å²) >= 11 is 0. The van der Waals surface area contributed by atoms with E-state index in [1.165, 1.54) is 0 Å². The number of aromatic nitrogens is 1. The zero-order valence-corrected chi connectivity index (χ0v) is 12.4. The minimum atomic E-state index is -0.764. The minimum Gasteiger partial charge on any atom is -0.481 e. The van der Waals surface area contributed by atoms with Crippen LogP contribution in [0.25, 0.3) is 0 Å². The van der Waals surface area contributed by atoms with Crippen molar-refractivity contribution in [2.24, 2.45) is 5.41 Å². The van der Waals surface area contributed by atoms with Crippen LogP contribution in [-0.2, 0) is 11.3 Å². The first-order valence-electron chi connectivity index (χ1n) is 7.14. The number of hydrogen-bond donors (Lipinski definition) is 2. The van der Waals surface area contributed by atoms with Gasteiger partial charge in [0.2, 0.25) is 5.89 Å². The summed E-state index contributed by atoms with van der Waals surface area (Å²) in [5, 5.41) is 12.1. The highest BCUT2D eigenvalue weighted by atomic mass is 16.4. The van der Waals surface area contributed by atoms with Gasteiger partial charge in [0, 0.05) is 13.1 Å². The molecule has 0 spiro atoms. The van der Waals surface area contributed by atoms with Gasteiger partial charge in [-0.05, 0) is 26.2 Å². The average Bonchev–Trinajstić information content (AvgIpc) is 2.90. The number of carbonyl (C=O) groups is 2. The Labute approximate surface area is 123 Å². The number of rotatable bonds is 4. The van der Waals surface area contributed by atoms with Gasteiger partial charge in [0.1, 0.15) is 5.76 Å². The average molecular weight is 295 g/mol. The fourth-order valence-corrected chi connectivity index (χ4v) is 2.60. The molecule has 1 aromatic heterocycles. The van der Waals surface area contributed by atoms with Gasteiger partial charge in [0.15, 0.2) is 0 Å². The number of aryl methyl sites for hydroxylation is 1. The maximum absolute atomic E-state index is 12.0. The van der Waals surface area contributed by atoms with E-state index in [9.17, 15) is 14.7 Å². The van der Waals surface area contributed by atoms with Gasteiger partial charge < -0.3 is 19.7 Å². The number of carbonyl (C=O) groups excluding carboxylic acids is 1. The van der Waals surface area contributed by atoms with Crippen molar-refractivity contribution in [3.63, 3.8) is 0 Å². The Morgan fingerprint density at radius 1 is 1.48 bits per heavy atom. The normalized spacial score (nSPS) is 17.5. The molecular formula is C14H21N3O4. The van der Waals surface area contributed by atoms with Crippen LogP contribution >= 0.6 is 0 Å². The number of urea groups is 1. The molecule has 1 aromatic rings. The van der Waals surface area contributed by atoms with Crippen LogP contribution in [0.15, 0.2) is 10.6 Å². The first-order valence-corrected chi connectivity index (χ1v) is 7.14. The molecule has 0 aromatic carbocycles. The molecule has 1 aliphatic heterocycles. The Morgan fingerprint density at radius 2 is 2.14 bits per heavy atom. The number of piperidine rings is 1. The first kappa shape index (κ1) is 15.3. The van der Waals surface area contributed by atoms with E-state index in [0.717, 1.165) is 0 Å². The number of hydrogen-bond acceptors (Lipinski definition) is 4. The molecule has 0 atom stereocenters. The molecular weight excluding hydrogens is 274 g/mol. The molecule has 0 aliphatic carbocycles. The van der Waals surface area contributed by atoms with E-state index in [2.05, 4.69) is 10.3 Å². The van der Waals surface area contributed by atoms with E-state index < -0.39 is 11.4 Å². The molecule has 0 unspecified atom stereocenters. The lowest BCUT2D eigenvalue weighted by atomic mass is 9.76. The zero-order chi connectivity index (χ0) is 15.5. The fraction of sp³-hybridized carbons (Fsp3) is 0.643. The van der Waals surface area contributed by atoms with Crippen LogP contribution in [0.2, 0.25) is 0 Å². The molecule has 2 rings (SSSR count). The number of amides is 2. The molecule has 7 heteroatoms. The fourth-order valence-electron chi connectivity index (χ4n) is 2.60. The molecule has 2 heterocycles. The van der Waals surface area contributed by atoms with Crippen molar-refractivity contribution in [3.8, 4) is 0 Å². The molecule has 0 radical (unpaired) electrons. The quantitative estimate of drug-likeness (QED) is 0.882. The Kier molecular flexibility index (Phi) is 4.50. The molecule has 21 heavy (non-hydrogen) atoms. The second-order valence-electron chi connectivity index (χ2n) is 5.45. The molecule has 1 fully saturated rings. The van der Waals surface area contributed by atoms with Gasteiger partial charge in [-0.2, -0.15) is 0 Å². The predicted octanol–water partition coefficient (Wildman–Crippen LogP) is 1.77. The van der Waals surface area contributed by atoms with Gasteiger partial charge in [-0.3, -0.25) is 4.79 Å². The highest BCUT2D eigenvalue weighted by Crippen LogP contribution is 2.35. The van der Waals surface area contributed by atoms with Gasteiger partial charge in [-0.25, -0.2) is 9.78 Å². The van der Waals surface area contributed by atoms with Crippen LogP contribution in [0, 0.1) is 12.3 Å². The molecule has 1 aliphatic rings. The summed E-state index contributed by atoms with van der Waals surface area (Å²) in [6.07, 6.45) is 3.17. The van der Waals surface area contributed by atoms with Gasteiger partial charge in [0.25, 0.3) is 0 Å². The number of nitrogens with one attached hydrogen (secondary N) is 1. The van der Waals surface area contributed by atoms with Gasteiger partial charge in [-0.15, -0.1) is 0 Å². The van der Waals surface area contributed by atoms with E-state index in [4.69, 9.17) is 4.42 Å². The summed E-state index contributed by atoms with van der Waals surface area (Å²) < 4.78 is 5.28. The molecule has 2 amide bonds. The Morgan fingerprint density at radius 3 is 2.62 bits per heavy atom. The smallest absolute Gasteiger partial charge is 0.317 e. The SMILES string of the molecule is CCC1(C(=O)O)CCN(C(=O)NCc2ncc(C)o2)CC1. The van der Waals surface area contributed by atoms with Crippen LogP contribution in [-0.4, -0.2) is 40.1 Å². The number of carboxylic acid groups (broad SMARTS) is 1. The number of carboxylic acids is 1. The highest BCUT2D eigenvalue weighted by molar-refractivity contribution is 5.77. The van der Waals surface area contributed by atoms with Crippen LogP contribution in [0.4, 0.5) is 4.79 Å². The van der Waals surface area contributed by atoms with E-state index in [0.29, 0.717) is 44.0 Å².